The maximum atomic E-state index is 3.33. The first-order chi connectivity index (χ1) is 9.47. The van der Waals surface area contributed by atoms with E-state index in [1.807, 2.05) is 14.1 Å². The molecule has 0 radical (unpaired) electrons. The van der Waals surface area contributed by atoms with Crippen molar-refractivity contribution in [3.8, 4) is 0 Å². The van der Waals surface area contributed by atoms with Crippen molar-refractivity contribution >= 4 is 18.8 Å². The molecule has 0 aliphatic carbocycles. The fraction of sp³-hybridized carbons (Fsp3) is 1.00. The Bertz CT molecular complexity index is 242. The Balaban J connectivity index is 0.000000200. The predicted molar refractivity (Wildman–Crippen MR) is 95.8 cm³/mol. The van der Waals surface area contributed by atoms with Crippen LogP contribution < -0.4 is 10.6 Å². The number of piperidine rings is 2. The van der Waals surface area contributed by atoms with Crippen molar-refractivity contribution in [2.24, 2.45) is 11.8 Å². The van der Waals surface area contributed by atoms with Gasteiger partial charge in [0, 0.05) is 38.3 Å². The van der Waals surface area contributed by atoms with Crippen LogP contribution in [-0.2, 0) is 0 Å². The molecule has 0 saturated carbocycles. The topological polar surface area (TPSA) is 30.5 Å². The third kappa shape index (κ3) is 6.22. The van der Waals surface area contributed by atoms with Crippen LogP contribution in [-0.4, -0.2) is 61.7 Å². The molecule has 2 N–H and O–H groups in total. The zero-order valence-corrected chi connectivity index (χ0v) is 15.9. The molecule has 2 unspecified atom stereocenters. The van der Waals surface area contributed by atoms with Gasteiger partial charge in [0.15, 0.2) is 0 Å². The summed E-state index contributed by atoms with van der Waals surface area (Å²) in [5.41, 5.74) is 0. The second-order valence-corrected chi connectivity index (χ2v) is 7.77. The summed E-state index contributed by atoms with van der Waals surface area (Å²) < 4.78 is 4.61. The molecule has 0 bridgehead atoms. The van der Waals surface area contributed by atoms with Crippen molar-refractivity contribution in [1.82, 2.24) is 20.0 Å². The second kappa shape index (κ2) is 9.66. The highest BCUT2D eigenvalue weighted by Gasteiger charge is 2.22. The number of likely N-dealkylation sites (N-methyl/N-ethyl adjacent to an activating group) is 2. The summed E-state index contributed by atoms with van der Waals surface area (Å²) in [6, 6.07) is 1.37. The molecule has 6 heteroatoms. The van der Waals surface area contributed by atoms with Crippen LogP contribution in [0.2, 0.25) is 0 Å². The van der Waals surface area contributed by atoms with Crippen LogP contribution in [0, 0.1) is 11.8 Å². The highest BCUT2D eigenvalue weighted by molar-refractivity contribution is 7.13. The van der Waals surface area contributed by atoms with Gasteiger partial charge in [0.2, 0.25) is 0 Å². The van der Waals surface area contributed by atoms with Crippen molar-refractivity contribution < 1.29 is 0 Å². The van der Waals surface area contributed by atoms with Crippen LogP contribution in [0.5, 0.6) is 0 Å². The van der Waals surface area contributed by atoms with Crippen LogP contribution in [0.25, 0.3) is 0 Å². The minimum Gasteiger partial charge on any atom is -0.315 e. The average Bonchev–Trinajstić information content (AvgIpc) is 2.44. The van der Waals surface area contributed by atoms with Gasteiger partial charge in [-0.05, 0) is 38.8 Å². The minimum absolute atomic E-state index is 0.686. The molecule has 2 aliphatic rings. The van der Waals surface area contributed by atoms with E-state index in [0.717, 1.165) is 11.8 Å². The molecular formula is C14H34N4P2. The Labute approximate surface area is 130 Å². The number of nitrogens with one attached hydrogen (secondary N) is 2. The van der Waals surface area contributed by atoms with E-state index in [4.69, 9.17) is 0 Å². The molecule has 6 atom stereocenters. The van der Waals surface area contributed by atoms with Gasteiger partial charge in [-0.15, -0.1) is 0 Å². The van der Waals surface area contributed by atoms with Crippen molar-refractivity contribution in [2.45, 2.75) is 38.8 Å². The molecule has 0 aromatic heterocycles. The third-order valence-corrected chi connectivity index (χ3v) is 5.66. The van der Waals surface area contributed by atoms with Gasteiger partial charge in [0.25, 0.3) is 0 Å². The molecule has 120 valence electrons. The quantitative estimate of drug-likeness (QED) is 0.753. The van der Waals surface area contributed by atoms with Gasteiger partial charge < -0.3 is 10.6 Å². The van der Waals surface area contributed by atoms with Crippen LogP contribution in [0.15, 0.2) is 0 Å². The summed E-state index contributed by atoms with van der Waals surface area (Å²) in [6.45, 7) is 9.43. The van der Waals surface area contributed by atoms with E-state index >= 15 is 0 Å². The Hall–Kier alpha value is 0.700. The summed E-state index contributed by atoms with van der Waals surface area (Å²) in [7, 11) is 9.63. The molecule has 2 saturated heterocycles. The summed E-state index contributed by atoms with van der Waals surface area (Å²) in [5.74, 6) is 1.67. The highest BCUT2D eigenvalue weighted by atomic mass is 31.0. The first kappa shape index (κ1) is 18.7. The van der Waals surface area contributed by atoms with Crippen molar-refractivity contribution in [1.29, 1.82) is 0 Å². The van der Waals surface area contributed by atoms with E-state index in [1.165, 1.54) is 39.0 Å². The van der Waals surface area contributed by atoms with Gasteiger partial charge in [-0.1, -0.05) is 32.6 Å². The Morgan fingerprint density at radius 1 is 0.800 bits per heavy atom. The molecule has 0 amide bonds. The normalized spacial score (nSPS) is 36.3. The maximum absolute atomic E-state index is 3.33. The predicted octanol–water partition coefficient (Wildman–Crippen LogP) is 1.41. The standard InChI is InChI=1S/2C7H17N2P/c2*1-6-3-4-9(10)5-7(6)8-2/h2*6-8H,3-5,10H2,1-2H3/t2*6-,7+/m10/s1. The Morgan fingerprint density at radius 3 is 1.40 bits per heavy atom. The van der Waals surface area contributed by atoms with Crippen LogP contribution in [0.3, 0.4) is 0 Å². The summed E-state index contributed by atoms with van der Waals surface area (Å²) in [5, 5.41) is 6.66. The lowest BCUT2D eigenvalue weighted by Gasteiger charge is -2.34. The zero-order chi connectivity index (χ0) is 15.1. The summed E-state index contributed by atoms with van der Waals surface area (Å²) >= 11 is 0. The monoisotopic (exact) mass is 320 g/mol. The smallest absolute Gasteiger partial charge is 0.0221 e. The van der Waals surface area contributed by atoms with Gasteiger partial charge >= 0.3 is 0 Å². The Kier molecular flexibility index (Phi) is 9.06. The van der Waals surface area contributed by atoms with Crippen LogP contribution in [0.4, 0.5) is 0 Å². The molecule has 20 heavy (non-hydrogen) atoms. The summed E-state index contributed by atoms with van der Waals surface area (Å²) in [6.07, 6.45) is 2.63. The molecule has 4 nitrogen and oxygen atoms in total. The minimum atomic E-state index is 0.686. The van der Waals surface area contributed by atoms with Gasteiger partial charge in [0.1, 0.15) is 0 Å². The van der Waals surface area contributed by atoms with Crippen molar-refractivity contribution in [3.63, 3.8) is 0 Å². The van der Waals surface area contributed by atoms with E-state index in [0.29, 0.717) is 12.1 Å². The number of hydrogen-bond acceptors (Lipinski definition) is 4. The van der Waals surface area contributed by atoms with E-state index < -0.39 is 0 Å². The maximum Gasteiger partial charge on any atom is 0.0221 e. The first-order valence-electron chi connectivity index (χ1n) is 7.81. The zero-order valence-electron chi connectivity index (χ0n) is 13.6. The van der Waals surface area contributed by atoms with E-state index in [9.17, 15) is 0 Å². The molecule has 0 aromatic carbocycles. The third-order valence-electron chi connectivity index (χ3n) is 4.72. The highest BCUT2D eigenvalue weighted by Crippen LogP contribution is 2.19. The van der Waals surface area contributed by atoms with E-state index in [2.05, 4.69) is 52.6 Å². The lowest BCUT2D eigenvalue weighted by Crippen LogP contribution is -2.45. The summed E-state index contributed by atoms with van der Waals surface area (Å²) in [4.78, 5) is 0. The molecule has 2 heterocycles. The number of rotatable bonds is 2. The van der Waals surface area contributed by atoms with Gasteiger partial charge in [0.05, 0.1) is 0 Å². The SMILES string of the molecule is CN[C@@H]1CN(P)CC[C@@H]1C.CN[C@H]1CN(P)CC[C@H]1C. The van der Waals surface area contributed by atoms with E-state index in [-0.39, 0.29) is 0 Å². The van der Waals surface area contributed by atoms with Crippen LogP contribution >= 0.6 is 18.8 Å². The fourth-order valence-electron chi connectivity index (χ4n) is 2.94. The molecule has 2 aliphatic heterocycles. The van der Waals surface area contributed by atoms with Gasteiger partial charge in [-0.3, -0.25) is 9.34 Å². The lowest BCUT2D eigenvalue weighted by atomic mass is 9.95. The van der Waals surface area contributed by atoms with Crippen molar-refractivity contribution in [2.75, 3.05) is 40.3 Å². The molecule has 2 fully saturated rings. The molecule has 0 aromatic rings. The van der Waals surface area contributed by atoms with Gasteiger partial charge in [-0.25, -0.2) is 0 Å². The lowest BCUT2D eigenvalue weighted by molar-refractivity contribution is 0.241. The van der Waals surface area contributed by atoms with E-state index in [1.54, 1.807) is 0 Å². The largest absolute Gasteiger partial charge is 0.315 e. The average molecular weight is 320 g/mol. The number of nitrogens with zero attached hydrogens (tertiary/aromatic N) is 2. The molecule has 2 rings (SSSR count). The van der Waals surface area contributed by atoms with Crippen molar-refractivity contribution in [3.05, 3.63) is 0 Å². The van der Waals surface area contributed by atoms with Gasteiger partial charge in [-0.2, -0.15) is 0 Å². The Morgan fingerprint density at radius 2 is 1.15 bits per heavy atom. The molecule has 0 spiro atoms. The van der Waals surface area contributed by atoms with Crippen LogP contribution in [0.1, 0.15) is 26.7 Å². The second-order valence-electron chi connectivity index (χ2n) is 6.31. The fourth-order valence-corrected chi connectivity index (χ4v) is 3.69. The number of hydrogen-bond donors (Lipinski definition) is 2. The molecular weight excluding hydrogens is 286 g/mol. The first-order valence-corrected chi connectivity index (χ1v) is 8.85.